The molecule has 0 aromatic carbocycles. The predicted molar refractivity (Wildman–Crippen MR) is 40.1 cm³/mol. The summed E-state index contributed by atoms with van der Waals surface area (Å²) in [6, 6.07) is 0. The second kappa shape index (κ2) is 3.93. The van der Waals surface area contributed by atoms with Crippen LogP contribution in [0.5, 0.6) is 0 Å². The van der Waals surface area contributed by atoms with Crippen LogP contribution in [0.1, 0.15) is 17.7 Å². The van der Waals surface area contributed by atoms with E-state index in [0.29, 0.717) is 6.20 Å². The van der Waals surface area contributed by atoms with Crippen molar-refractivity contribution in [2.75, 3.05) is 0 Å². The number of pyridine rings is 1. The summed E-state index contributed by atoms with van der Waals surface area (Å²) in [5.41, 5.74) is -1.05. The molecule has 0 aliphatic heterocycles. The van der Waals surface area contributed by atoms with Crippen molar-refractivity contribution < 1.29 is 18.3 Å². The third-order valence-corrected chi connectivity index (χ3v) is 1.84. The van der Waals surface area contributed by atoms with Gasteiger partial charge in [-0.1, -0.05) is 11.6 Å². The highest BCUT2D eigenvalue weighted by Gasteiger charge is 2.20. The lowest BCUT2D eigenvalue weighted by Gasteiger charge is -2.07. The Morgan fingerprint density at radius 2 is 2.15 bits per heavy atom. The number of alkyl halides is 2. The largest absolute Gasteiger partial charge is 0.390 e. The zero-order valence-electron chi connectivity index (χ0n) is 6.27. The second-order valence-corrected chi connectivity index (χ2v) is 2.62. The summed E-state index contributed by atoms with van der Waals surface area (Å²) >= 11 is 5.27. The van der Waals surface area contributed by atoms with Crippen LogP contribution >= 0.6 is 11.6 Å². The van der Waals surface area contributed by atoms with Gasteiger partial charge in [0.15, 0.2) is 5.82 Å². The van der Waals surface area contributed by atoms with Gasteiger partial charge in [0.25, 0.3) is 6.43 Å². The van der Waals surface area contributed by atoms with Crippen LogP contribution in [-0.2, 0) is 6.61 Å². The SMILES string of the molecule is OCc1ncc(F)c(Cl)c1C(F)F. The van der Waals surface area contributed by atoms with Crippen LogP contribution in [0.15, 0.2) is 6.20 Å². The van der Waals surface area contributed by atoms with E-state index in [1.165, 1.54) is 0 Å². The van der Waals surface area contributed by atoms with Gasteiger partial charge in [0.1, 0.15) is 0 Å². The van der Waals surface area contributed by atoms with Crippen molar-refractivity contribution >= 4 is 11.6 Å². The summed E-state index contributed by atoms with van der Waals surface area (Å²) in [5.74, 6) is -1.02. The topological polar surface area (TPSA) is 33.1 Å². The molecule has 1 aromatic heterocycles. The third kappa shape index (κ3) is 1.92. The molecule has 0 saturated carbocycles. The number of hydrogen-bond donors (Lipinski definition) is 1. The van der Waals surface area contributed by atoms with Crippen LogP contribution in [0, 0.1) is 5.82 Å². The van der Waals surface area contributed by atoms with E-state index >= 15 is 0 Å². The molecule has 1 aromatic rings. The molecule has 0 aliphatic carbocycles. The summed E-state index contributed by atoms with van der Waals surface area (Å²) in [6.07, 6.45) is -2.25. The van der Waals surface area contributed by atoms with E-state index in [1.807, 2.05) is 0 Å². The molecule has 0 unspecified atom stereocenters. The third-order valence-electron chi connectivity index (χ3n) is 1.46. The van der Waals surface area contributed by atoms with Crippen molar-refractivity contribution in [2.45, 2.75) is 13.0 Å². The Hall–Kier alpha value is -0.810. The van der Waals surface area contributed by atoms with Crippen molar-refractivity contribution in [2.24, 2.45) is 0 Å². The smallest absolute Gasteiger partial charge is 0.267 e. The van der Waals surface area contributed by atoms with Gasteiger partial charge < -0.3 is 5.11 Å². The maximum atomic E-state index is 12.6. The Bertz CT molecular complexity index is 319. The van der Waals surface area contributed by atoms with Crippen molar-refractivity contribution in [1.29, 1.82) is 0 Å². The van der Waals surface area contributed by atoms with Gasteiger partial charge in [-0.2, -0.15) is 0 Å². The molecule has 0 bridgehead atoms. The van der Waals surface area contributed by atoms with E-state index < -0.39 is 29.4 Å². The predicted octanol–water partition coefficient (Wildman–Crippen LogP) is 2.30. The Balaban J connectivity index is 3.32. The molecular weight excluding hydrogens is 207 g/mol. The van der Waals surface area contributed by atoms with Gasteiger partial charge in [-0.05, 0) is 0 Å². The molecular formula is C7H5ClF3NO. The van der Waals surface area contributed by atoms with Crippen molar-refractivity contribution in [3.63, 3.8) is 0 Å². The molecule has 0 saturated heterocycles. The van der Waals surface area contributed by atoms with Crippen molar-refractivity contribution in [3.05, 3.63) is 28.3 Å². The molecule has 1 N–H and O–H groups in total. The van der Waals surface area contributed by atoms with Gasteiger partial charge in [0.2, 0.25) is 0 Å². The van der Waals surface area contributed by atoms with Crippen molar-refractivity contribution in [3.8, 4) is 0 Å². The minimum Gasteiger partial charge on any atom is -0.390 e. The summed E-state index contributed by atoms with van der Waals surface area (Å²) in [4.78, 5) is 3.29. The van der Waals surface area contributed by atoms with Gasteiger partial charge in [-0.3, -0.25) is 4.98 Å². The zero-order chi connectivity index (χ0) is 10.0. The molecule has 1 rings (SSSR count). The highest BCUT2D eigenvalue weighted by Crippen LogP contribution is 2.30. The second-order valence-electron chi connectivity index (χ2n) is 2.24. The Kier molecular flexibility index (Phi) is 3.11. The van der Waals surface area contributed by atoms with Crippen molar-refractivity contribution in [1.82, 2.24) is 4.98 Å². The van der Waals surface area contributed by atoms with E-state index in [9.17, 15) is 13.2 Å². The van der Waals surface area contributed by atoms with Crippen LogP contribution < -0.4 is 0 Å². The lowest BCUT2D eigenvalue weighted by Crippen LogP contribution is -2.01. The average molecular weight is 212 g/mol. The van der Waals surface area contributed by atoms with Gasteiger partial charge in [-0.25, -0.2) is 13.2 Å². The normalized spacial score (nSPS) is 10.9. The summed E-state index contributed by atoms with van der Waals surface area (Å²) in [5, 5.41) is 7.92. The molecule has 0 radical (unpaired) electrons. The van der Waals surface area contributed by atoms with Crippen LogP contribution in [-0.4, -0.2) is 10.1 Å². The maximum absolute atomic E-state index is 12.6. The molecule has 0 aliphatic rings. The minimum absolute atomic E-state index is 0.304. The number of aliphatic hydroxyl groups is 1. The lowest BCUT2D eigenvalue weighted by molar-refractivity contribution is 0.145. The first-order valence-corrected chi connectivity index (χ1v) is 3.67. The molecule has 1 heterocycles. The number of aromatic nitrogens is 1. The summed E-state index contributed by atoms with van der Waals surface area (Å²) < 4.78 is 37.2. The molecule has 2 nitrogen and oxygen atoms in total. The fraction of sp³-hybridized carbons (Fsp3) is 0.286. The summed E-state index contributed by atoms with van der Waals surface area (Å²) in [6.45, 7) is -0.695. The molecule has 0 fully saturated rings. The van der Waals surface area contributed by atoms with Gasteiger partial charge in [0, 0.05) is 0 Å². The average Bonchev–Trinajstić information content (AvgIpc) is 2.08. The van der Waals surface area contributed by atoms with E-state index in [-0.39, 0.29) is 5.69 Å². The number of nitrogens with zero attached hydrogens (tertiary/aromatic N) is 1. The fourth-order valence-corrected chi connectivity index (χ4v) is 1.10. The van der Waals surface area contributed by atoms with E-state index in [4.69, 9.17) is 16.7 Å². The number of rotatable bonds is 2. The van der Waals surface area contributed by atoms with E-state index in [2.05, 4.69) is 4.98 Å². The molecule has 0 spiro atoms. The highest BCUT2D eigenvalue weighted by molar-refractivity contribution is 6.31. The first kappa shape index (κ1) is 10.3. The molecule has 6 heteroatoms. The molecule has 0 amide bonds. The van der Waals surface area contributed by atoms with Crippen LogP contribution in [0.4, 0.5) is 13.2 Å². The van der Waals surface area contributed by atoms with E-state index in [1.54, 1.807) is 0 Å². The Morgan fingerprint density at radius 1 is 1.54 bits per heavy atom. The Labute approximate surface area is 77.0 Å². The Morgan fingerprint density at radius 3 is 2.62 bits per heavy atom. The minimum atomic E-state index is -2.95. The van der Waals surface area contributed by atoms with Crippen LogP contribution in [0.3, 0.4) is 0 Å². The van der Waals surface area contributed by atoms with Crippen LogP contribution in [0.2, 0.25) is 5.02 Å². The summed E-state index contributed by atoms with van der Waals surface area (Å²) in [7, 11) is 0. The number of hydrogen-bond acceptors (Lipinski definition) is 2. The van der Waals surface area contributed by atoms with Gasteiger partial charge >= 0.3 is 0 Å². The first-order chi connectivity index (χ1) is 6.07. The first-order valence-electron chi connectivity index (χ1n) is 3.29. The maximum Gasteiger partial charge on any atom is 0.267 e. The molecule has 0 atom stereocenters. The van der Waals surface area contributed by atoms with Gasteiger partial charge in [0.05, 0.1) is 29.1 Å². The number of halogens is 4. The van der Waals surface area contributed by atoms with E-state index in [0.717, 1.165) is 0 Å². The lowest BCUT2D eigenvalue weighted by atomic mass is 10.2. The van der Waals surface area contributed by atoms with Crippen LogP contribution in [0.25, 0.3) is 0 Å². The molecule has 13 heavy (non-hydrogen) atoms. The molecule has 72 valence electrons. The quantitative estimate of drug-likeness (QED) is 0.814. The standard InChI is InChI=1S/C7H5ClF3NO/c8-6-3(9)1-12-4(2-13)5(6)7(10)11/h1,7,13H,2H2. The fourth-order valence-electron chi connectivity index (χ4n) is 0.864. The zero-order valence-corrected chi connectivity index (χ0v) is 7.02. The van der Waals surface area contributed by atoms with Gasteiger partial charge in [-0.15, -0.1) is 0 Å². The number of aliphatic hydroxyl groups excluding tert-OH is 1. The highest BCUT2D eigenvalue weighted by atomic mass is 35.5. The monoisotopic (exact) mass is 211 g/mol.